The van der Waals surface area contributed by atoms with Gasteiger partial charge >= 0.3 is 0 Å². The highest BCUT2D eigenvalue weighted by Crippen LogP contribution is 2.20. The summed E-state index contributed by atoms with van der Waals surface area (Å²) in [4.78, 5) is 0. The lowest BCUT2D eigenvalue weighted by atomic mass is 10.1. The zero-order chi connectivity index (χ0) is 16.1. The van der Waals surface area contributed by atoms with Crippen molar-refractivity contribution in [1.82, 2.24) is 15.5 Å². The molecule has 0 aliphatic rings. The first-order valence-electron chi connectivity index (χ1n) is 7.59. The number of aromatic nitrogens is 2. The van der Waals surface area contributed by atoms with E-state index in [-0.39, 0.29) is 6.61 Å². The SMILES string of the molecule is Nc1cc(CNCCO)ccc1C=Cc1n[nH]c2ccccc12. The van der Waals surface area contributed by atoms with Crippen LogP contribution in [-0.2, 0) is 6.54 Å². The molecule has 0 saturated heterocycles. The molecule has 0 spiro atoms. The third-order valence-corrected chi connectivity index (χ3v) is 3.69. The maximum absolute atomic E-state index is 8.77. The summed E-state index contributed by atoms with van der Waals surface area (Å²) in [6, 6.07) is 14.0. The Bertz CT molecular complexity index is 823. The van der Waals surface area contributed by atoms with Gasteiger partial charge in [-0.05, 0) is 29.3 Å². The zero-order valence-electron chi connectivity index (χ0n) is 12.8. The number of nitrogen functional groups attached to an aromatic ring is 1. The van der Waals surface area contributed by atoms with Gasteiger partial charge in [0.1, 0.15) is 0 Å². The Labute approximate surface area is 134 Å². The van der Waals surface area contributed by atoms with Gasteiger partial charge in [-0.25, -0.2) is 0 Å². The van der Waals surface area contributed by atoms with Crippen LogP contribution in [0.1, 0.15) is 16.8 Å². The number of hydrogen-bond donors (Lipinski definition) is 4. The van der Waals surface area contributed by atoms with Gasteiger partial charge < -0.3 is 16.2 Å². The van der Waals surface area contributed by atoms with Crippen LogP contribution in [0.3, 0.4) is 0 Å². The van der Waals surface area contributed by atoms with Crippen LogP contribution in [0.25, 0.3) is 23.1 Å². The lowest BCUT2D eigenvalue weighted by Crippen LogP contribution is -2.17. The molecule has 0 aliphatic heterocycles. The Balaban J connectivity index is 1.77. The molecule has 0 amide bonds. The smallest absolute Gasteiger partial charge is 0.0927 e. The van der Waals surface area contributed by atoms with Crippen molar-refractivity contribution in [2.24, 2.45) is 0 Å². The van der Waals surface area contributed by atoms with Crippen LogP contribution in [0.2, 0.25) is 0 Å². The summed E-state index contributed by atoms with van der Waals surface area (Å²) in [5, 5.41) is 20.3. The average Bonchev–Trinajstić information content (AvgIpc) is 2.98. The van der Waals surface area contributed by atoms with Gasteiger partial charge in [-0.15, -0.1) is 0 Å². The van der Waals surface area contributed by atoms with Gasteiger partial charge in [0, 0.05) is 24.2 Å². The van der Waals surface area contributed by atoms with E-state index in [0.717, 1.165) is 33.4 Å². The lowest BCUT2D eigenvalue weighted by molar-refractivity contribution is 0.292. The molecule has 3 rings (SSSR count). The molecule has 0 radical (unpaired) electrons. The van der Waals surface area contributed by atoms with Crippen LogP contribution in [0.15, 0.2) is 42.5 Å². The van der Waals surface area contributed by atoms with Crippen molar-refractivity contribution in [3.63, 3.8) is 0 Å². The fraction of sp³-hybridized carbons (Fsp3) is 0.167. The number of para-hydroxylation sites is 1. The van der Waals surface area contributed by atoms with Crippen LogP contribution < -0.4 is 11.1 Å². The molecule has 0 fully saturated rings. The fourth-order valence-corrected chi connectivity index (χ4v) is 2.48. The second kappa shape index (κ2) is 7.09. The van der Waals surface area contributed by atoms with E-state index < -0.39 is 0 Å². The van der Waals surface area contributed by atoms with E-state index in [2.05, 4.69) is 15.5 Å². The van der Waals surface area contributed by atoms with Crippen LogP contribution >= 0.6 is 0 Å². The van der Waals surface area contributed by atoms with Crippen molar-refractivity contribution >= 4 is 28.7 Å². The second-order valence-electron chi connectivity index (χ2n) is 5.35. The van der Waals surface area contributed by atoms with Crippen molar-refractivity contribution < 1.29 is 5.11 Å². The van der Waals surface area contributed by atoms with Crippen LogP contribution in [0.5, 0.6) is 0 Å². The first-order valence-corrected chi connectivity index (χ1v) is 7.59. The van der Waals surface area contributed by atoms with E-state index >= 15 is 0 Å². The Kier molecular flexibility index (Phi) is 4.71. The highest BCUT2D eigenvalue weighted by Gasteiger charge is 2.02. The van der Waals surface area contributed by atoms with Crippen molar-refractivity contribution in [3.05, 3.63) is 59.3 Å². The van der Waals surface area contributed by atoms with Gasteiger partial charge in [-0.3, -0.25) is 5.10 Å². The largest absolute Gasteiger partial charge is 0.398 e. The summed E-state index contributed by atoms with van der Waals surface area (Å²) in [7, 11) is 0. The number of nitrogens with one attached hydrogen (secondary N) is 2. The minimum Gasteiger partial charge on any atom is -0.398 e. The Morgan fingerprint density at radius 2 is 2.04 bits per heavy atom. The topological polar surface area (TPSA) is 87.0 Å². The van der Waals surface area contributed by atoms with E-state index in [1.54, 1.807) is 0 Å². The van der Waals surface area contributed by atoms with Crippen molar-refractivity contribution in [2.75, 3.05) is 18.9 Å². The molecule has 23 heavy (non-hydrogen) atoms. The van der Waals surface area contributed by atoms with Gasteiger partial charge in [0.05, 0.1) is 17.8 Å². The number of nitrogens with zero attached hydrogens (tertiary/aromatic N) is 1. The maximum Gasteiger partial charge on any atom is 0.0927 e. The Morgan fingerprint density at radius 3 is 2.87 bits per heavy atom. The quantitative estimate of drug-likeness (QED) is 0.416. The minimum atomic E-state index is 0.133. The first kappa shape index (κ1) is 15.3. The zero-order valence-corrected chi connectivity index (χ0v) is 12.8. The number of benzene rings is 2. The molecule has 0 aliphatic carbocycles. The monoisotopic (exact) mass is 308 g/mol. The highest BCUT2D eigenvalue weighted by molar-refractivity contribution is 5.90. The summed E-state index contributed by atoms with van der Waals surface area (Å²) in [6.07, 6.45) is 3.94. The first-order chi connectivity index (χ1) is 11.3. The summed E-state index contributed by atoms with van der Waals surface area (Å²) in [6.45, 7) is 1.40. The number of aliphatic hydroxyl groups excluding tert-OH is 1. The molecule has 2 aromatic carbocycles. The van der Waals surface area contributed by atoms with Crippen LogP contribution in [-0.4, -0.2) is 28.5 Å². The summed E-state index contributed by atoms with van der Waals surface area (Å²) < 4.78 is 0. The molecule has 5 heteroatoms. The molecule has 5 nitrogen and oxygen atoms in total. The summed E-state index contributed by atoms with van der Waals surface area (Å²) >= 11 is 0. The molecule has 0 atom stereocenters. The standard InChI is InChI=1S/C18H20N4O/c19-16-11-13(12-20-9-10-23)5-6-14(16)7-8-18-15-3-1-2-4-17(15)21-22-18/h1-8,11,20,23H,9-10,12,19H2,(H,21,22). The molecule has 1 heterocycles. The number of hydrogen-bond acceptors (Lipinski definition) is 4. The average molecular weight is 308 g/mol. The van der Waals surface area contributed by atoms with Gasteiger partial charge in [-0.2, -0.15) is 5.10 Å². The summed E-state index contributed by atoms with van der Waals surface area (Å²) in [5.41, 5.74) is 10.8. The normalized spacial score (nSPS) is 11.5. The van der Waals surface area contributed by atoms with Gasteiger partial charge in [0.25, 0.3) is 0 Å². The van der Waals surface area contributed by atoms with E-state index in [1.165, 1.54) is 0 Å². The molecule has 0 saturated carbocycles. The number of anilines is 1. The van der Waals surface area contributed by atoms with E-state index in [0.29, 0.717) is 13.1 Å². The van der Waals surface area contributed by atoms with Crippen LogP contribution in [0, 0.1) is 0 Å². The molecule has 1 aromatic heterocycles. The number of H-pyrrole nitrogens is 1. The number of aromatic amines is 1. The molecular formula is C18H20N4O. The van der Waals surface area contributed by atoms with Crippen molar-refractivity contribution in [2.45, 2.75) is 6.54 Å². The predicted octanol–water partition coefficient (Wildman–Crippen LogP) is 2.40. The van der Waals surface area contributed by atoms with E-state index in [4.69, 9.17) is 10.8 Å². The Hall–Kier alpha value is -2.63. The minimum absolute atomic E-state index is 0.133. The maximum atomic E-state index is 8.77. The van der Waals surface area contributed by atoms with Gasteiger partial charge in [0.15, 0.2) is 0 Å². The number of rotatable bonds is 6. The van der Waals surface area contributed by atoms with Gasteiger partial charge in [-0.1, -0.05) is 36.4 Å². The van der Waals surface area contributed by atoms with Crippen LogP contribution in [0.4, 0.5) is 5.69 Å². The molecular weight excluding hydrogens is 288 g/mol. The Morgan fingerprint density at radius 1 is 1.17 bits per heavy atom. The van der Waals surface area contributed by atoms with E-state index in [9.17, 15) is 0 Å². The predicted molar refractivity (Wildman–Crippen MR) is 94.7 cm³/mol. The fourth-order valence-electron chi connectivity index (χ4n) is 2.48. The molecule has 0 unspecified atom stereocenters. The second-order valence-corrected chi connectivity index (χ2v) is 5.35. The highest BCUT2D eigenvalue weighted by atomic mass is 16.3. The molecule has 3 aromatic rings. The molecule has 118 valence electrons. The molecule has 0 bridgehead atoms. The number of aliphatic hydroxyl groups is 1. The third kappa shape index (κ3) is 3.59. The number of nitrogens with two attached hydrogens (primary N) is 1. The van der Waals surface area contributed by atoms with Gasteiger partial charge in [0.2, 0.25) is 0 Å². The molecule has 5 N–H and O–H groups in total. The van der Waals surface area contributed by atoms with Crippen molar-refractivity contribution in [1.29, 1.82) is 0 Å². The summed E-state index contributed by atoms with van der Waals surface area (Å²) in [5.74, 6) is 0. The number of fused-ring (bicyclic) bond motifs is 1. The van der Waals surface area contributed by atoms with E-state index in [1.807, 2.05) is 54.6 Å². The lowest BCUT2D eigenvalue weighted by Gasteiger charge is -2.06. The van der Waals surface area contributed by atoms with Crippen molar-refractivity contribution in [3.8, 4) is 0 Å². The third-order valence-electron chi connectivity index (χ3n) is 3.69.